The number of anilines is 1. The monoisotopic (exact) mass is 479 g/mol. The number of nitrogens with zero attached hydrogens (tertiary/aromatic N) is 2. The second-order valence-corrected chi connectivity index (χ2v) is 10.0. The highest BCUT2D eigenvalue weighted by Gasteiger charge is 2.37. The number of aliphatic hydroxyl groups is 1. The van der Waals surface area contributed by atoms with Gasteiger partial charge in [-0.3, -0.25) is 4.79 Å². The van der Waals surface area contributed by atoms with Crippen molar-refractivity contribution in [3.8, 4) is 11.5 Å². The first-order valence-corrected chi connectivity index (χ1v) is 13.0. The molecule has 3 fully saturated rings. The average molecular weight is 480 g/mol. The van der Waals surface area contributed by atoms with Gasteiger partial charge in [-0.25, -0.2) is 0 Å². The summed E-state index contributed by atoms with van der Waals surface area (Å²) in [5.74, 6) is 1.67. The molecule has 2 aromatic rings. The van der Waals surface area contributed by atoms with Gasteiger partial charge in [0, 0.05) is 37.9 Å². The molecule has 7 nitrogen and oxygen atoms in total. The Hall–Kier alpha value is -2.77. The number of β-amino-alcohol motifs (C(OH)–C–C–N with tert-alkyl or cyclic N) is 1. The minimum Gasteiger partial charge on any atom is -0.493 e. The second-order valence-electron chi connectivity index (χ2n) is 10.0. The number of benzene rings is 2. The lowest BCUT2D eigenvalue weighted by Crippen LogP contribution is -2.59. The molecule has 1 saturated carbocycles. The van der Waals surface area contributed by atoms with Crippen molar-refractivity contribution in [3.63, 3.8) is 0 Å². The average Bonchev–Trinajstić information content (AvgIpc) is 3.56. The van der Waals surface area contributed by atoms with Crippen LogP contribution in [-0.4, -0.2) is 73.5 Å². The number of hydrogen-bond acceptors (Lipinski definition) is 6. The van der Waals surface area contributed by atoms with Gasteiger partial charge in [-0.15, -0.1) is 0 Å². The lowest BCUT2D eigenvalue weighted by atomic mass is 10.00. The van der Waals surface area contributed by atoms with Gasteiger partial charge in [0.05, 0.1) is 31.4 Å². The minimum atomic E-state index is -0.449. The highest BCUT2D eigenvalue weighted by Crippen LogP contribution is 2.36. The molecule has 1 unspecified atom stereocenters. The first-order valence-electron chi connectivity index (χ1n) is 13.0. The van der Waals surface area contributed by atoms with Gasteiger partial charge < -0.3 is 29.7 Å². The Bertz CT molecular complexity index is 995. The summed E-state index contributed by atoms with van der Waals surface area (Å²) < 4.78 is 11.9. The van der Waals surface area contributed by atoms with Crippen LogP contribution in [0.25, 0.3) is 0 Å². The van der Waals surface area contributed by atoms with Crippen LogP contribution in [-0.2, 0) is 11.2 Å². The van der Waals surface area contributed by atoms with Gasteiger partial charge >= 0.3 is 0 Å². The molecule has 35 heavy (non-hydrogen) atoms. The Kier molecular flexibility index (Phi) is 7.44. The fourth-order valence-electron chi connectivity index (χ4n) is 5.69. The molecule has 188 valence electrons. The summed E-state index contributed by atoms with van der Waals surface area (Å²) in [4.78, 5) is 17.8. The van der Waals surface area contributed by atoms with Crippen molar-refractivity contribution in [2.75, 3.05) is 38.2 Å². The van der Waals surface area contributed by atoms with E-state index < -0.39 is 6.10 Å². The Labute approximate surface area is 208 Å². The summed E-state index contributed by atoms with van der Waals surface area (Å²) >= 11 is 0. The van der Waals surface area contributed by atoms with Crippen molar-refractivity contribution in [3.05, 3.63) is 54.1 Å². The van der Waals surface area contributed by atoms with Crippen molar-refractivity contribution in [1.29, 1.82) is 0 Å². The van der Waals surface area contributed by atoms with Crippen LogP contribution >= 0.6 is 0 Å². The van der Waals surface area contributed by atoms with Crippen molar-refractivity contribution in [2.45, 2.75) is 62.8 Å². The first kappa shape index (κ1) is 23.9. The quantitative estimate of drug-likeness (QED) is 0.636. The third-order valence-electron chi connectivity index (χ3n) is 7.59. The number of nitrogens with one attached hydrogen (secondary N) is 1. The SMILES string of the molecule is COc1ccc(N2CCN(C(=O)[C@H]3C[C@H](O)CN3)C(Cc3ccccc3)C2)cc1OC1CCCC1. The molecular weight excluding hydrogens is 442 g/mol. The van der Waals surface area contributed by atoms with Crippen LogP contribution in [0.15, 0.2) is 48.5 Å². The number of hydrogen-bond donors (Lipinski definition) is 2. The van der Waals surface area contributed by atoms with Crippen LogP contribution < -0.4 is 19.7 Å². The van der Waals surface area contributed by atoms with E-state index in [-0.39, 0.29) is 24.1 Å². The number of ether oxygens (including phenoxy) is 2. The maximum atomic E-state index is 13.4. The molecule has 2 N–H and O–H groups in total. The van der Waals surface area contributed by atoms with E-state index in [0.717, 1.165) is 49.5 Å². The van der Waals surface area contributed by atoms with Crippen molar-refractivity contribution >= 4 is 11.6 Å². The molecule has 2 aromatic carbocycles. The van der Waals surface area contributed by atoms with Gasteiger partial charge in [0.1, 0.15) is 0 Å². The Morgan fingerprint density at radius 2 is 1.89 bits per heavy atom. The van der Waals surface area contributed by atoms with Crippen LogP contribution in [0.2, 0.25) is 0 Å². The predicted molar refractivity (Wildman–Crippen MR) is 136 cm³/mol. The third kappa shape index (κ3) is 5.57. The van der Waals surface area contributed by atoms with Crippen LogP contribution in [0.5, 0.6) is 11.5 Å². The van der Waals surface area contributed by atoms with Gasteiger partial charge in [0.25, 0.3) is 0 Å². The number of carbonyl (C=O) groups is 1. The Balaban J connectivity index is 1.35. The van der Waals surface area contributed by atoms with Crippen LogP contribution in [0.1, 0.15) is 37.7 Å². The van der Waals surface area contributed by atoms with E-state index in [9.17, 15) is 9.90 Å². The second kappa shape index (κ2) is 10.9. The number of methoxy groups -OCH3 is 1. The zero-order valence-electron chi connectivity index (χ0n) is 20.6. The van der Waals surface area contributed by atoms with E-state index in [0.29, 0.717) is 19.5 Å². The van der Waals surface area contributed by atoms with Gasteiger partial charge in [0.15, 0.2) is 11.5 Å². The van der Waals surface area contributed by atoms with Crippen LogP contribution in [0.3, 0.4) is 0 Å². The number of piperazine rings is 1. The lowest BCUT2D eigenvalue weighted by Gasteiger charge is -2.43. The van der Waals surface area contributed by atoms with Gasteiger partial charge in [-0.2, -0.15) is 0 Å². The van der Waals surface area contributed by atoms with E-state index in [4.69, 9.17) is 9.47 Å². The normalized spacial score (nSPS) is 25.1. The van der Waals surface area contributed by atoms with E-state index in [1.165, 1.54) is 18.4 Å². The van der Waals surface area contributed by atoms with Gasteiger partial charge in [-0.05, 0) is 56.2 Å². The van der Waals surface area contributed by atoms with E-state index in [1.807, 2.05) is 29.2 Å². The van der Waals surface area contributed by atoms with Crippen LogP contribution in [0, 0.1) is 0 Å². The fourth-order valence-corrected chi connectivity index (χ4v) is 5.69. The molecule has 0 bridgehead atoms. The van der Waals surface area contributed by atoms with Crippen molar-refractivity contribution < 1.29 is 19.4 Å². The molecule has 2 heterocycles. The number of amides is 1. The lowest BCUT2D eigenvalue weighted by molar-refractivity contribution is -0.136. The summed E-state index contributed by atoms with van der Waals surface area (Å²) in [7, 11) is 1.69. The summed E-state index contributed by atoms with van der Waals surface area (Å²) in [6.07, 6.45) is 5.71. The highest BCUT2D eigenvalue weighted by molar-refractivity contribution is 5.83. The maximum absolute atomic E-state index is 13.4. The number of rotatable bonds is 7. The number of aliphatic hydroxyl groups excluding tert-OH is 1. The molecule has 3 atom stereocenters. The van der Waals surface area contributed by atoms with Gasteiger partial charge in [-0.1, -0.05) is 30.3 Å². The molecule has 2 aliphatic heterocycles. The molecule has 5 rings (SSSR count). The molecule has 3 aliphatic rings. The van der Waals surface area contributed by atoms with Gasteiger partial charge in [0.2, 0.25) is 5.91 Å². The molecule has 0 aromatic heterocycles. The molecule has 1 amide bonds. The zero-order valence-corrected chi connectivity index (χ0v) is 20.6. The summed E-state index contributed by atoms with van der Waals surface area (Å²) in [5.41, 5.74) is 2.31. The molecule has 1 aliphatic carbocycles. The molecule has 0 spiro atoms. The molecular formula is C28H37N3O4. The van der Waals surface area contributed by atoms with Crippen molar-refractivity contribution in [1.82, 2.24) is 10.2 Å². The Morgan fingerprint density at radius 1 is 1.09 bits per heavy atom. The fraction of sp³-hybridized carbons (Fsp3) is 0.536. The topological polar surface area (TPSA) is 74.3 Å². The smallest absolute Gasteiger partial charge is 0.240 e. The Morgan fingerprint density at radius 3 is 2.60 bits per heavy atom. The largest absolute Gasteiger partial charge is 0.493 e. The predicted octanol–water partition coefficient (Wildman–Crippen LogP) is 3.00. The minimum absolute atomic E-state index is 0.0412. The summed E-state index contributed by atoms with van der Waals surface area (Å²) in [6.45, 7) is 2.62. The van der Waals surface area contributed by atoms with Crippen LogP contribution in [0.4, 0.5) is 5.69 Å². The number of carbonyl (C=O) groups excluding carboxylic acids is 1. The van der Waals surface area contributed by atoms with E-state index in [1.54, 1.807) is 7.11 Å². The molecule has 0 radical (unpaired) electrons. The highest BCUT2D eigenvalue weighted by atomic mass is 16.5. The zero-order chi connectivity index (χ0) is 24.2. The maximum Gasteiger partial charge on any atom is 0.240 e. The first-order chi connectivity index (χ1) is 17.1. The van der Waals surface area contributed by atoms with Crippen molar-refractivity contribution in [2.24, 2.45) is 0 Å². The molecule has 7 heteroatoms. The third-order valence-corrected chi connectivity index (χ3v) is 7.59. The van der Waals surface area contributed by atoms with E-state index in [2.05, 4.69) is 34.5 Å². The van der Waals surface area contributed by atoms with E-state index >= 15 is 0 Å². The standard InChI is InChI=1S/C28H37N3O4/c1-34-26-12-11-21(16-27(26)35-24-9-5-6-10-24)30-13-14-31(28(33)25-17-23(32)18-29-25)22(19-30)15-20-7-3-2-4-8-20/h2-4,7-8,11-12,16,22-25,29,32H,5-6,9-10,13-15,17-19H2,1H3/t22?,23-,25+/m0/s1. The summed E-state index contributed by atoms with van der Waals surface area (Å²) in [6, 6.07) is 16.3. The molecule has 2 saturated heterocycles. The summed E-state index contributed by atoms with van der Waals surface area (Å²) in [5, 5.41) is 13.1.